The Hall–Kier alpha value is -0.120. The molecule has 0 aromatic carbocycles. The second-order valence-corrected chi connectivity index (χ2v) is 5.26. The van der Waals surface area contributed by atoms with E-state index in [1.807, 2.05) is 0 Å². The summed E-state index contributed by atoms with van der Waals surface area (Å²) in [7, 11) is 0. The fraction of sp³-hybridized carbons (Fsp3) is 1.00. The third-order valence-electron chi connectivity index (χ3n) is 4.14. The molecule has 0 aromatic heterocycles. The van der Waals surface area contributed by atoms with Gasteiger partial charge in [0.1, 0.15) is 0 Å². The molecule has 0 spiro atoms. The van der Waals surface area contributed by atoms with Gasteiger partial charge in [0.25, 0.3) is 0 Å². The average Bonchev–Trinajstić information content (AvgIpc) is 2.32. The van der Waals surface area contributed by atoms with E-state index in [2.05, 4.69) is 11.8 Å². The summed E-state index contributed by atoms with van der Waals surface area (Å²) < 4.78 is 5.70. The molecule has 94 valence electrons. The number of ether oxygens (including phenoxy) is 1. The summed E-state index contributed by atoms with van der Waals surface area (Å²) in [6.07, 6.45) is 8.05. The fourth-order valence-electron chi connectivity index (χ4n) is 3.10. The molecule has 0 bridgehead atoms. The van der Waals surface area contributed by atoms with Crippen molar-refractivity contribution in [2.75, 3.05) is 19.7 Å². The van der Waals surface area contributed by atoms with E-state index in [0.29, 0.717) is 12.1 Å². The van der Waals surface area contributed by atoms with Crippen LogP contribution in [-0.2, 0) is 4.74 Å². The molecular weight excluding hydrogens is 200 g/mol. The maximum atomic E-state index is 5.94. The number of piperidine rings is 1. The lowest BCUT2D eigenvalue weighted by Crippen LogP contribution is -2.46. The Labute approximate surface area is 99.3 Å². The number of nitrogens with two attached hydrogens (primary N) is 1. The highest BCUT2D eigenvalue weighted by Crippen LogP contribution is 2.26. The highest BCUT2D eigenvalue weighted by molar-refractivity contribution is 4.84. The Morgan fingerprint density at radius 1 is 1.06 bits per heavy atom. The lowest BCUT2D eigenvalue weighted by atomic mass is 9.90. The summed E-state index contributed by atoms with van der Waals surface area (Å²) in [5, 5.41) is 0. The summed E-state index contributed by atoms with van der Waals surface area (Å²) in [6.45, 7) is 5.39. The highest BCUT2D eigenvalue weighted by Gasteiger charge is 2.28. The molecule has 0 amide bonds. The van der Waals surface area contributed by atoms with Gasteiger partial charge in [-0.05, 0) is 58.5 Å². The fourth-order valence-corrected chi connectivity index (χ4v) is 3.10. The van der Waals surface area contributed by atoms with Crippen LogP contribution in [0.25, 0.3) is 0 Å². The van der Waals surface area contributed by atoms with E-state index in [1.165, 1.54) is 51.6 Å². The number of likely N-dealkylation sites (tertiary alicyclic amines) is 1. The topological polar surface area (TPSA) is 38.5 Å². The Bertz CT molecular complexity index is 194. The van der Waals surface area contributed by atoms with Gasteiger partial charge in [0.15, 0.2) is 0 Å². The molecule has 2 rings (SSSR count). The smallest absolute Gasteiger partial charge is 0.0576 e. The van der Waals surface area contributed by atoms with Gasteiger partial charge in [0.2, 0.25) is 0 Å². The van der Waals surface area contributed by atoms with E-state index in [9.17, 15) is 0 Å². The van der Waals surface area contributed by atoms with Crippen LogP contribution in [0.5, 0.6) is 0 Å². The molecule has 0 aromatic rings. The first-order chi connectivity index (χ1) is 7.79. The van der Waals surface area contributed by atoms with Crippen molar-refractivity contribution >= 4 is 0 Å². The third-order valence-corrected chi connectivity index (χ3v) is 4.14. The van der Waals surface area contributed by atoms with Crippen molar-refractivity contribution in [3.05, 3.63) is 0 Å². The van der Waals surface area contributed by atoms with Crippen LogP contribution >= 0.6 is 0 Å². The van der Waals surface area contributed by atoms with Crippen molar-refractivity contribution in [2.24, 2.45) is 5.73 Å². The monoisotopic (exact) mass is 226 g/mol. The van der Waals surface area contributed by atoms with Crippen molar-refractivity contribution in [3.63, 3.8) is 0 Å². The SMILES string of the molecule is CCOC1CCC(N2CCC(N)CC2)CC1. The lowest BCUT2D eigenvalue weighted by molar-refractivity contribution is 0.00960. The summed E-state index contributed by atoms with van der Waals surface area (Å²) >= 11 is 0. The minimum absolute atomic E-state index is 0.455. The van der Waals surface area contributed by atoms with Crippen LogP contribution in [0, 0.1) is 0 Å². The second kappa shape index (κ2) is 5.99. The molecule has 2 N–H and O–H groups in total. The molecule has 1 saturated heterocycles. The zero-order valence-electron chi connectivity index (χ0n) is 10.5. The number of hydrogen-bond donors (Lipinski definition) is 1. The molecule has 2 fully saturated rings. The van der Waals surface area contributed by atoms with E-state index >= 15 is 0 Å². The van der Waals surface area contributed by atoms with E-state index in [0.717, 1.165) is 12.6 Å². The van der Waals surface area contributed by atoms with Crippen LogP contribution in [0.4, 0.5) is 0 Å². The lowest BCUT2D eigenvalue weighted by Gasteiger charge is -2.40. The molecule has 1 saturated carbocycles. The van der Waals surface area contributed by atoms with Crippen LogP contribution < -0.4 is 5.73 Å². The van der Waals surface area contributed by atoms with Crippen LogP contribution in [0.15, 0.2) is 0 Å². The third kappa shape index (κ3) is 3.19. The zero-order chi connectivity index (χ0) is 11.4. The van der Waals surface area contributed by atoms with Gasteiger partial charge in [-0.1, -0.05) is 0 Å². The van der Waals surface area contributed by atoms with Crippen LogP contribution in [0.3, 0.4) is 0 Å². The van der Waals surface area contributed by atoms with Crippen LogP contribution in [-0.4, -0.2) is 42.8 Å². The maximum absolute atomic E-state index is 5.94. The first-order valence-corrected chi connectivity index (χ1v) is 6.90. The van der Waals surface area contributed by atoms with Gasteiger partial charge < -0.3 is 15.4 Å². The number of rotatable bonds is 3. The van der Waals surface area contributed by atoms with Gasteiger partial charge in [-0.15, -0.1) is 0 Å². The average molecular weight is 226 g/mol. The van der Waals surface area contributed by atoms with Gasteiger partial charge in [0, 0.05) is 18.7 Å². The van der Waals surface area contributed by atoms with Gasteiger partial charge in [-0.2, -0.15) is 0 Å². The molecule has 3 heteroatoms. The van der Waals surface area contributed by atoms with E-state index in [4.69, 9.17) is 10.5 Å². The number of nitrogens with zero attached hydrogens (tertiary/aromatic N) is 1. The Morgan fingerprint density at radius 3 is 2.25 bits per heavy atom. The minimum atomic E-state index is 0.455. The molecule has 1 aliphatic carbocycles. The normalized spacial score (nSPS) is 34.1. The molecule has 0 atom stereocenters. The van der Waals surface area contributed by atoms with Crippen LogP contribution in [0.1, 0.15) is 45.4 Å². The summed E-state index contributed by atoms with van der Waals surface area (Å²) in [4.78, 5) is 2.66. The van der Waals surface area contributed by atoms with Crippen molar-refractivity contribution in [2.45, 2.75) is 63.6 Å². The van der Waals surface area contributed by atoms with Gasteiger partial charge in [-0.25, -0.2) is 0 Å². The molecule has 3 nitrogen and oxygen atoms in total. The van der Waals surface area contributed by atoms with Crippen molar-refractivity contribution in [3.8, 4) is 0 Å². The van der Waals surface area contributed by atoms with E-state index in [-0.39, 0.29) is 0 Å². The van der Waals surface area contributed by atoms with Gasteiger partial charge in [-0.3, -0.25) is 0 Å². The van der Waals surface area contributed by atoms with Crippen LogP contribution in [0.2, 0.25) is 0 Å². The zero-order valence-corrected chi connectivity index (χ0v) is 10.5. The van der Waals surface area contributed by atoms with Crippen molar-refractivity contribution < 1.29 is 4.74 Å². The molecule has 0 unspecified atom stereocenters. The Morgan fingerprint density at radius 2 is 1.69 bits per heavy atom. The summed E-state index contributed by atoms with van der Waals surface area (Å²) in [6, 6.07) is 1.26. The van der Waals surface area contributed by atoms with Crippen molar-refractivity contribution in [1.29, 1.82) is 0 Å². The molecule has 16 heavy (non-hydrogen) atoms. The second-order valence-electron chi connectivity index (χ2n) is 5.26. The largest absolute Gasteiger partial charge is 0.379 e. The quantitative estimate of drug-likeness (QED) is 0.797. The molecule has 2 aliphatic rings. The molecule has 1 aliphatic heterocycles. The summed E-state index contributed by atoms with van der Waals surface area (Å²) in [5.74, 6) is 0. The predicted molar refractivity (Wildman–Crippen MR) is 66.5 cm³/mol. The Kier molecular flexibility index (Phi) is 4.62. The van der Waals surface area contributed by atoms with Gasteiger partial charge >= 0.3 is 0 Å². The minimum Gasteiger partial charge on any atom is -0.379 e. The highest BCUT2D eigenvalue weighted by atomic mass is 16.5. The maximum Gasteiger partial charge on any atom is 0.0576 e. The summed E-state index contributed by atoms with van der Waals surface area (Å²) in [5.41, 5.74) is 5.94. The first-order valence-electron chi connectivity index (χ1n) is 6.90. The number of hydrogen-bond acceptors (Lipinski definition) is 3. The molecule has 0 radical (unpaired) electrons. The predicted octanol–water partition coefficient (Wildman–Crippen LogP) is 1.76. The Balaban J connectivity index is 1.72. The van der Waals surface area contributed by atoms with Gasteiger partial charge in [0.05, 0.1) is 6.10 Å². The van der Waals surface area contributed by atoms with E-state index < -0.39 is 0 Å². The molecular formula is C13H26N2O. The standard InChI is InChI=1S/C13H26N2O/c1-2-16-13-5-3-12(4-6-13)15-9-7-11(14)8-10-15/h11-13H,2-10,14H2,1H3. The first kappa shape index (κ1) is 12.3. The van der Waals surface area contributed by atoms with Crippen molar-refractivity contribution in [1.82, 2.24) is 4.90 Å². The molecule has 1 heterocycles. The van der Waals surface area contributed by atoms with E-state index in [1.54, 1.807) is 0 Å².